The van der Waals surface area contributed by atoms with Crippen molar-refractivity contribution < 1.29 is 12.8 Å². The third-order valence-corrected chi connectivity index (χ3v) is 4.45. The van der Waals surface area contributed by atoms with E-state index in [9.17, 15) is 12.8 Å². The Hall–Kier alpha value is -2.08. The maximum Gasteiger partial charge on any atom is 0.262 e. The minimum Gasteiger partial charge on any atom is -0.398 e. The predicted molar refractivity (Wildman–Crippen MR) is 77.5 cm³/mol. The van der Waals surface area contributed by atoms with Crippen molar-refractivity contribution in [3.05, 3.63) is 53.3 Å². The SMILES string of the molecule is Cc1cc(S(=O)(=O)Nc2ccccc2F)cc(N)c1C. The summed E-state index contributed by atoms with van der Waals surface area (Å²) in [5, 5.41) is 0. The van der Waals surface area contributed by atoms with Gasteiger partial charge in [-0.15, -0.1) is 0 Å². The molecule has 3 N–H and O–H groups in total. The Morgan fingerprint density at radius 1 is 1.15 bits per heavy atom. The van der Waals surface area contributed by atoms with Crippen LogP contribution in [0.5, 0.6) is 0 Å². The Balaban J connectivity index is 2.44. The number of para-hydroxylation sites is 1. The van der Waals surface area contributed by atoms with Crippen molar-refractivity contribution in [2.45, 2.75) is 18.7 Å². The Kier molecular flexibility index (Phi) is 3.67. The van der Waals surface area contributed by atoms with Gasteiger partial charge in [0.25, 0.3) is 10.0 Å². The number of hydrogen-bond donors (Lipinski definition) is 2. The molecule has 0 saturated carbocycles. The lowest BCUT2D eigenvalue weighted by molar-refractivity contribution is 0.598. The molecule has 0 aromatic heterocycles. The van der Waals surface area contributed by atoms with Crippen molar-refractivity contribution in [1.82, 2.24) is 0 Å². The maximum absolute atomic E-state index is 13.5. The number of aryl methyl sites for hydroxylation is 1. The molecule has 0 atom stereocenters. The first kappa shape index (κ1) is 14.3. The van der Waals surface area contributed by atoms with Gasteiger partial charge in [-0.3, -0.25) is 4.72 Å². The fourth-order valence-corrected chi connectivity index (χ4v) is 2.94. The van der Waals surface area contributed by atoms with Crippen LogP contribution in [0.1, 0.15) is 11.1 Å². The zero-order valence-corrected chi connectivity index (χ0v) is 12.0. The smallest absolute Gasteiger partial charge is 0.262 e. The number of benzene rings is 2. The van der Waals surface area contributed by atoms with Gasteiger partial charge in [0.05, 0.1) is 10.6 Å². The van der Waals surface area contributed by atoms with Crippen molar-refractivity contribution in [3.8, 4) is 0 Å². The summed E-state index contributed by atoms with van der Waals surface area (Å²) in [6, 6.07) is 8.46. The first-order valence-corrected chi connectivity index (χ1v) is 7.43. The molecule has 0 aliphatic heterocycles. The van der Waals surface area contributed by atoms with E-state index in [2.05, 4.69) is 4.72 Å². The number of sulfonamides is 1. The lowest BCUT2D eigenvalue weighted by Gasteiger charge is -2.12. The quantitative estimate of drug-likeness (QED) is 0.855. The number of nitrogens with two attached hydrogens (primary N) is 1. The fourth-order valence-electron chi connectivity index (χ4n) is 1.76. The van der Waals surface area contributed by atoms with Crippen molar-refractivity contribution in [1.29, 1.82) is 0 Å². The van der Waals surface area contributed by atoms with Gasteiger partial charge in [-0.1, -0.05) is 12.1 Å². The molecule has 106 valence electrons. The van der Waals surface area contributed by atoms with Crippen LogP contribution in [0.3, 0.4) is 0 Å². The van der Waals surface area contributed by atoms with Crippen LogP contribution in [0.4, 0.5) is 15.8 Å². The summed E-state index contributed by atoms with van der Waals surface area (Å²) >= 11 is 0. The van der Waals surface area contributed by atoms with E-state index in [1.807, 2.05) is 6.92 Å². The van der Waals surface area contributed by atoms with Crippen molar-refractivity contribution in [2.24, 2.45) is 0 Å². The first-order valence-electron chi connectivity index (χ1n) is 5.95. The van der Waals surface area contributed by atoms with E-state index in [-0.39, 0.29) is 10.6 Å². The first-order chi connectivity index (χ1) is 9.31. The molecule has 2 aromatic rings. The summed E-state index contributed by atoms with van der Waals surface area (Å²) in [6.45, 7) is 3.58. The highest BCUT2D eigenvalue weighted by molar-refractivity contribution is 7.92. The summed E-state index contributed by atoms with van der Waals surface area (Å²) in [4.78, 5) is 0.0151. The Morgan fingerprint density at radius 3 is 2.40 bits per heavy atom. The van der Waals surface area contributed by atoms with Crippen LogP contribution in [0, 0.1) is 19.7 Å². The lowest BCUT2D eigenvalue weighted by atomic mass is 10.1. The molecule has 4 nitrogen and oxygen atoms in total. The Bertz CT molecular complexity index is 735. The molecule has 20 heavy (non-hydrogen) atoms. The third kappa shape index (κ3) is 2.75. The highest BCUT2D eigenvalue weighted by Crippen LogP contribution is 2.24. The second kappa shape index (κ2) is 5.13. The van der Waals surface area contributed by atoms with Crippen LogP contribution in [-0.4, -0.2) is 8.42 Å². The molecule has 6 heteroatoms. The largest absolute Gasteiger partial charge is 0.398 e. The van der Waals surface area contributed by atoms with Gasteiger partial charge in [0.15, 0.2) is 0 Å². The van der Waals surface area contributed by atoms with Crippen LogP contribution in [-0.2, 0) is 10.0 Å². The molecule has 0 saturated heterocycles. The van der Waals surface area contributed by atoms with E-state index in [1.54, 1.807) is 13.0 Å². The molecule has 0 radical (unpaired) electrons. The van der Waals surface area contributed by atoms with Gasteiger partial charge < -0.3 is 5.73 Å². The normalized spacial score (nSPS) is 11.3. The van der Waals surface area contributed by atoms with E-state index >= 15 is 0 Å². The second-order valence-electron chi connectivity index (χ2n) is 4.54. The van der Waals surface area contributed by atoms with Gasteiger partial charge in [-0.25, -0.2) is 12.8 Å². The standard InChI is InChI=1S/C14H15FN2O2S/c1-9-7-11(8-13(16)10(9)2)20(18,19)17-14-6-4-3-5-12(14)15/h3-8,17H,16H2,1-2H3. The van der Waals surface area contributed by atoms with Crippen LogP contribution in [0.25, 0.3) is 0 Å². The maximum atomic E-state index is 13.5. The lowest BCUT2D eigenvalue weighted by Crippen LogP contribution is -2.14. The summed E-state index contributed by atoms with van der Waals surface area (Å²) in [5.41, 5.74) is 7.66. The van der Waals surface area contributed by atoms with Gasteiger partial charge in [-0.2, -0.15) is 0 Å². The average molecular weight is 294 g/mol. The summed E-state index contributed by atoms with van der Waals surface area (Å²) in [5.74, 6) is -0.632. The van der Waals surface area contributed by atoms with E-state index in [0.29, 0.717) is 5.69 Å². The number of anilines is 2. The monoisotopic (exact) mass is 294 g/mol. The van der Waals surface area contributed by atoms with E-state index in [1.165, 1.54) is 30.3 Å². The number of halogens is 1. The van der Waals surface area contributed by atoms with Gasteiger partial charge in [0, 0.05) is 5.69 Å². The van der Waals surface area contributed by atoms with E-state index in [0.717, 1.165) is 11.1 Å². The van der Waals surface area contributed by atoms with Crippen molar-refractivity contribution in [3.63, 3.8) is 0 Å². The Morgan fingerprint density at radius 2 is 1.80 bits per heavy atom. The molecule has 0 amide bonds. The van der Waals surface area contributed by atoms with Crippen molar-refractivity contribution in [2.75, 3.05) is 10.5 Å². The highest BCUT2D eigenvalue weighted by atomic mass is 32.2. The molecule has 2 aromatic carbocycles. The zero-order valence-electron chi connectivity index (χ0n) is 11.1. The molecule has 0 bridgehead atoms. The predicted octanol–water partition coefficient (Wildman–Crippen LogP) is 2.83. The van der Waals surface area contributed by atoms with E-state index in [4.69, 9.17) is 5.73 Å². The highest BCUT2D eigenvalue weighted by Gasteiger charge is 2.17. The topological polar surface area (TPSA) is 72.2 Å². The number of nitrogen functional groups attached to an aromatic ring is 1. The molecule has 0 spiro atoms. The van der Waals surface area contributed by atoms with Gasteiger partial charge in [-0.05, 0) is 49.2 Å². The van der Waals surface area contributed by atoms with Gasteiger partial charge >= 0.3 is 0 Å². The summed E-state index contributed by atoms with van der Waals surface area (Å²) in [7, 11) is -3.87. The molecule has 0 aliphatic rings. The molecular formula is C14H15FN2O2S. The van der Waals surface area contributed by atoms with Gasteiger partial charge in [0.2, 0.25) is 0 Å². The van der Waals surface area contributed by atoms with E-state index < -0.39 is 15.8 Å². The second-order valence-corrected chi connectivity index (χ2v) is 6.22. The summed E-state index contributed by atoms with van der Waals surface area (Å²) in [6.07, 6.45) is 0. The zero-order chi connectivity index (χ0) is 14.9. The van der Waals surface area contributed by atoms with Crippen LogP contribution < -0.4 is 10.5 Å². The molecule has 0 unspecified atom stereocenters. The molecule has 0 aliphatic carbocycles. The van der Waals surface area contributed by atoms with Crippen LogP contribution in [0.2, 0.25) is 0 Å². The minimum absolute atomic E-state index is 0.0151. The van der Waals surface area contributed by atoms with Crippen molar-refractivity contribution >= 4 is 21.4 Å². The summed E-state index contributed by atoms with van der Waals surface area (Å²) < 4.78 is 40.2. The molecular weight excluding hydrogens is 279 g/mol. The molecule has 0 heterocycles. The number of rotatable bonds is 3. The van der Waals surface area contributed by atoms with Crippen LogP contribution >= 0.6 is 0 Å². The number of hydrogen-bond acceptors (Lipinski definition) is 3. The molecule has 2 rings (SSSR count). The average Bonchev–Trinajstić information content (AvgIpc) is 2.38. The fraction of sp³-hybridized carbons (Fsp3) is 0.143. The van der Waals surface area contributed by atoms with Crippen LogP contribution in [0.15, 0.2) is 41.3 Å². The number of nitrogens with one attached hydrogen (secondary N) is 1. The minimum atomic E-state index is -3.87. The molecule has 0 fully saturated rings. The van der Waals surface area contributed by atoms with Gasteiger partial charge in [0.1, 0.15) is 5.82 Å². The third-order valence-electron chi connectivity index (χ3n) is 3.11. The Labute approximate surface area is 117 Å².